The highest BCUT2D eigenvalue weighted by atomic mass is 31.2. The molecular formula is C72H121N2O7P. The Morgan fingerprint density at radius 1 is 0.451 bits per heavy atom. The number of rotatable bonds is 57. The van der Waals surface area contributed by atoms with Crippen LogP contribution in [0.1, 0.15) is 245 Å². The number of unbranched alkanes of at least 4 members (excludes halogenated alkanes) is 24. The largest absolute Gasteiger partial charge is 0.756 e. The average Bonchev–Trinajstić information content (AvgIpc) is 3.44. The Labute approximate surface area is 504 Å². The SMILES string of the molecule is CC\C=C/C=C/C=C/C=C\C=C\C=C\CCCCCC(=O)NC(COP(=O)([O-])OCC[N+](C)(C)C)C(/C=C\CCCCCCCCCCCC)OC(=O)CCCCCCCCCCCCC/C=C\C/C=C\C/C=C\C/C=C\C/C=C\CC. The van der Waals surface area contributed by atoms with Crippen molar-refractivity contribution in [3.63, 3.8) is 0 Å². The fraction of sp³-hybridized carbons (Fsp3) is 0.639. The summed E-state index contributed by atoms with van der Waals surface area (Å²) in [5.41, 5.74) is 0. The highest BCUT2D eigenvalue weighted by Gasteiger charge is 2.27. The van der Waals surface area contributed by atoms with E-state index < -0.39 is 26.6 Å². The molecule has 466 valence electrons. The summed E-state index contributed by atoms with van der Waals surface area (Å²) in [4.78, 5) is 40.1. The van der Waals surface area contributed by atoms with Gasteiger partial charge in [0.1, 0.15) is 19.3 Å². The molecule has 0 saturated carbocycles. The van der Waals surface area contributed by atoms with Gasteiger partial charge in [-0.05, 0) is 96.0 Å². The van der Waals surface area contributed by atoms with Crippen molar-refractivity contribution in [1.29, 1.82) is 0 Å². The third-order valence-electron chi connectivity index (χ3n) is 13.7. The van der Waals surface area contributed by atoms with Gasteiger partial charge in [0.15, 0.2) is 0 Å². The molecule has 0 aliphatic carbocycles. The smallest absolute Gasteiger partial charge is 0.306 e. The van der Waals surface area contributed by atoms with Gasteiger partial charge in [-0.3, -0.25) is 14.2 Å². The van der Waals surface area contributed by atoms with Crippen LogP contribution >= 0.6 is 7.82 Å². The second kappa shape index (κ2) is 60.0. The molecule has 0 spiro atoms. The minimum atomic E-state index is -4.72. The number of likely N-dealkylation sites (N-methyl/N-ethyl adjacent to an activating group) is 1. The van der Waals surface area contributed by atoms with Gasteiger partial charge in [-0.15, -0.1) is 0 Å². The summed E-state index contributed by atoms with van der Waals surface area (Å²) in [6.07, 6.45) is 86.8. The molecule has 3 unspecified atom stereocenters. The van der Waals surface area contributed by atoms with Gasteiger partial charge in [-0.25, -0.2) is 0 Å². The number of quaternary nitrogens is 1. The van der Waals surface area contributed by atoms with Gasteiger partial charge in [-0.1, -0.05) is 283 Å². The quantitative estimate of drug-likeness (QED) is 0.0161. The predicted octanol–water partition coefficient (Wildman–Crippen LogP) is 20.0. The van der Waals surface area contributed by atoms with E-state index in [2.05, 4.69) is 99.0 Å². The number of carbonyl (C=O) groups excluding carboxylic acids is 2. The van der Waals surface area contributed by atoms with Gasteiger partial charge in [0.05, 0.1) is 33.8 Å². The van der Waals surface area contributed by atoms with Crippen LogP contribution in [-0.4, -0.2) is 69.4 Å². The van der Waals surface area contributed by atoms with Crippen molar-refractivity contribution in [3.8, 4) is 0 Å². The number of esters is 1. The molecule has 82 heavy (non-hydrogen) atoms. The highest BCUT2D eigenvalue weighted by molar-refractivity contribution is 7.45. The molecule has 1 amide bonds. The minimum Gasteiger partial charge on any atom is -0.756 e. The van der Waals surface area contributed by atoms with Gasteiger partial charge in [0.25, 0.3) is 7.82 Å². The summed E-state index contributed by atoms with van der Waals surface area (Å²) in [5.74, 6) is -0.605. The molecule has 0 bridgehead atoms. The Balaban J connectivity index is 5.19. The van der Waals surface area contributed by atoms with Crippen LogP contribution in [0.4, 0.5) is 0 Å². The molecule has 9 nitrogen and oxygen atoms in total. The summed E-state index contributed by atoms with van der Waals surface area (Å²) in [6, 6.07) is -0.924. The van der Waals surface area contributed by atoms with Crippen LogP contribution in [0.25, 0.3) is 0 Å². The van der Waals surface area contributed by atoms with Crippen molar-refractivity contribution in [3.05, 3.63) is 146 Å². The number of nitrogens with one attached hydrogen (secondary N) is 1. The van der Waals surface area contributed by atoms with Gasteiger partial charge >= 0.3 is 5.97 Å². The van der Waals surface area contributed by atoms with E-state index in [0.717, 1.165) is 103 Å². The number of amides is 1. The van der Waals surface area contributed by atoms with Crippen LogP contribution in [-0.2, 0) is 27.9 Å². The Bertz CT molecular complexity index is 1910. The molecule has 1 N–H and O–H groups in total. The van der Waals surface area contributed by atoms with Crippen LogP contribution in [0, 0.1) is 0 Å². The Morgan fingerprint density at radius 3 is 1.33 bits per heavy atom. The molecule has 0 rings (SSSR count). The first-order valence-corrected chi connectivity index (χ1v) is 34.2. The van der Waals surface area contributed by atoms with E-state index >= 15 is 0 Å². The van der Waals surface area contributed by atoms with Crippen molar-refractivity contribution in [2.45, 2.75) is 258 Å². The van der Waals surface area contributed by atoms with Gasteiger partial charge < -0.3 is 28.5 Å². The van der Waals surface area contributed by atoms with E-state index in [1.807, 2.05) is 94.1 Å². The zero-order chi connectivity index (χ0) is 60.0. The van der Waals surface area contributed by atoms with Crippen molar-refractivity contribution in [2.75, 3.05) is 40.9 Å². The number of hydrogen-bond donors (Lipinski definition) is 1. The number of ether oxygens (including phenoxy) is 1. The number of phosphoric ester groups is 1. The molecule has 0 aromatic rings. The van der Waals surface area contributed by atoms with E-state index in [1.165, 1.54) is 96.3 Å². The second-order valence-electron chi connectivity index (χ2n) is 22.7. The lowest BCUT2D eigenvalue weighted by atomic mass is 10.0. The molecule has 0 radical (unpaired) electrons. The maximum absolute atomic E-state index is 13.5. The van der Waals surface area contributed by atoms with E-state index in [-0.39, 0.29) is 31.3 Å². The molecule has 0 fully saturated rings. The molecule has 3 atom stereocenters. The van der Waals surface area contributed by atoms with Gasteiger partial charge in [-0.2, -0.15) is 0 Å². The Kier molecular flexibility index (Phi) is 57.0. The summed E-state index contributed by atoms with van der Waals surface area (Å²) < 4.78 is 30.3. The van der Waals surface area contributed by atoms with E-state index in [4.69, 9.17) is 13.8 Å². The number of allylic oxidation sites excluding steroid dienone is 23. The minimum absolute atomic E-state index is 0.0400. The highest BCUT2D eigenvalue weighted by Crippen LogP contribution is 2.38. The fourth-order valence-corrected chi connectivity index (χ4v) is 9.42. The molecule has 0 saturated heterocycles. The third kappa shape index (κ3) is 60.5. The van der Waals surface area contributed by atoms with Crippen LogP contribution in [0.3, 0.4) is 0 Å². The van der Waals surface area contributed by atoms with Crippen LogP contribution in [0.5, 0.6) is 0 Å². The van der Waals surface area contributed by atoms with Crippen molar-refractivity contribution in [2.24, 2.45) is 0 Å². The summed E-state index contributed by atoms with van der Waals surface area (Å²) in [7, 11) is 1.13. The number of hydrogen-bond acceptors (Lipinski definition) is 7. The lowest BCUT2D eigenvalue weighted by Gasteiger charge is -2.30. The van der Waals surface area contributed by atoms with Crippen molar-refractivity contribution < 1.29 is 37.3 Å². The van der Waals surface area contributed by atoms with Crippen LogP contribution < -0.4 is 10.2 Å². The maximum atomic E-state index is 13.5. The first-order chi connectivity index (χ1) is 39.9. The number of nitrogens with zero attached hydrogens (tertiary/aromatic N) is 1. The zero-order valence-corrected chi connectivity index (χ0v) is 54.0. The average molecular weight is 1160 g/mol. The molecular weight excluding hydrogens is 1040 g/mol. The number of phosphoric acid groups is 1. The van der Waals surface area contributed by atoms with Gasteiger partial charge in [0, 0.05) is 12.8 Å². The summed E-state index contributed by atoms with van der Waals surface area (Å²) in [5, 5.41) is 3.00. The lowest BCUT2D eigenvalue weighted by molar-refractivity contribution is -0.870. The molecule has 0 aliphatic heterocycles. The Hall–Kier alpha value is -4.11. The molecule has 0 aliphatic rings. The summed E-state index contributed by atoms with van der Waals surface area (Å²) in [6.45, 7) is 6.53. The predicted molar refractivity (Wildman–Crippen MR) is 353 cm³/mol. The normalized spacial score (nSPS) is 14.6. The first-order valence-electron chi connectivity index (χ1n) is 32.7. The molecule has 0 aromatic heterocycles. The van der Waals surface area contributed by atoms with Crippen LogP contribution in [0.2, 0.25) is 0 Å². The second-order valence-corrected chi connectivity index (χ2v) is 24.1. The third-order valence-corrected chi connectivity index (χ3v) is 14.6. The number of carbonyl (C=O) groups is 2. The fourth-order valence-electron chi connectivity index (χ4n) is 8.70. The molecule has 0 heterocycles. The zero-order valence-electron chi connectivity index (χ0n) is 53.1. The summed E-state index contributed by atoms with van der Waals surface area (Å²) >= 11 is 0. The Morgan fingerprint density at radius 2 is 0.841 bits per heavy atom. The van der Waals surface area contributed by atoms with E-state index in [9.17, 15) is 19.0 Å². The maximum Gasteiger partial charge on any atom is 0.306 e. The monoisotopic (exact) mass is 1160 g/mol. The standard InChI is InChI=1S/C72H121N2O7P/c1-7-10-13-16-19-22-25-28-30-32-33-34-35-36-37-38-39-40-41-43-45-47-50-53-56-59-62-65-72(76)81-70(63-60-57-54-51-48-27-24-21-18-15-12-9-3)69(68-80-82(77,78)79-67-66-74(4,5)6)73-71(75)64-61-58-55-52-49-46-44-42-31-29-26-23-20-17-14-11-8-2/h10-11,13-14,17,19-20,22-23,26,28-31,33-34,36-37,42,44,46,49,60,63,69-70H,7-9,12,15-16,18,21,24-25,27,32,35,38-41,43,45,47-48,50-59,61-62,64-68H2,1-6H3,(H-,73,75,77,78)/b13-10-,14-11-,20-17+,22-19-,26-23+,30-28-,31-29-,34-33-,37-36-,44-42+,49-46+,63-60-. The van der Waals surface area contributed by atoms with Crippen molar-refractivity contribution >= 4 is 19.7 Å². The first kappa shape index (κ1) is 77.9. The topological polar surface area (TPSA) is 114 Å². The van der Waals surface area contributed by atoms with E-state index in [1.54, 1.807) is 0 Å². The van der Waals surface area contributed by atoms with Gasteiger partial charge in [0.2, 0.25) is 5.91 Å². The van der Waals surface area contributed by atoms with E-state index in [0.29, 0.717) is 23.9 Å². The molecule has 10 heteroatoms. The lowest BCUT2D eigenvalue weighted by Crippen LogP contribution is -2.47. The van der Waals surface area contributed by atoms with Crippen LogP contribution in [0.15, 0.2) is 146 Å². The molecule has 0 aromatic carbocycles. The van der Waals surface area contributed by atoms with Crippen molar-refractivity contribution in [1.82, 2.24) is 5.32 Å².